The minimum absolute atomic E-state index is 0.593. The zero-order valence-corrected chi connectivity index (χ0v) is 11.0. The summed E-state index contributed by atoms with van der Waals surface area (Å²) in [6.07, 6.45) is 12.8. The molecule has 0 saturated heterocycles. The van der Waals surface area contributed by atoms with Gasteiger partial charge in [-0.25, -0.2) is 0 Å². The monoisotopic (exact) mass is 206 g/mol. The van der Waals surface area contributed by atoms with Gasteiger partial charge in [-0.1, -0.05) is 65.3 Å². The second-order valence-corrected chi connectivity index (χ2v) is 3.73. The molecule has 0 aromatic carbocycles. The van der Waals surface area contributed by atoms with E-state index in [1.807, 2.05) is 13.8 Å². The van der Waals surface area contributed by atoms with Gasteiger partial charge in [-0.2, -0.15) is 0 Å². The van der Waals surface area contributed by atoms with Crippen LogP contribution in [-0.4, -0.2) is 0 Å². The lowest BCUT2D eigenvalue weighted by Gasteiger charge is -2.04. The molecule has 0 heterocycles. The minimum atomic E-state index is 0.593. The first-order valence-corrected chi connectivity index (χ1v) is 6.36. The summed E-state index contributed by atoms with van der Waals surface area (Å²) in [5, 5.41) is 0. The summed E-state index contributed by atoms with van der Waals surface area (Å²) in [4.78, 5) is 0. The van der Waals surface area contributed by atoms with Crippen LogP contribution >= 0.6 is 0 Å². The van der Waals surface area contributed by atoms with E-state index in [-0.39, 0.29) is 0 Å². The molecule has 1 unspecified atom stereocenters. The van der Waals surface area contributed by atoms with Gasteiger partial charge in [0.25, 0.3) is 0 Å². The third kappa shape index (κ3) is 5.01. The molecule has 0 bridgehead atoms. The molecule has 15 heavy (non-hydrogen) atoms. The minimum Gasteiger partial charge on any atom is -0.0776 e. The molecule has 0 amide bonds. The van der Waals surface area contributed by atoms with Crippen LogP contribution in [0.5, 0.6) is 0 Å². The molecule has 0 aliphatic heterocycles. The third-order valence-electron chi connectivity index (χ3n) is 2.51. The Morgan fingerprint density at radius 3 is 2.00 bits per heavy atom. The second-order valence-electron chi connectivity index (χ2n) is 3.73. The van der Waals surface area contributed by atoms with Crippen molar-refractivity contribution in [2.45, 2.75) is 53.9 Å². The van der Waals surface area contributed by atoms with Crippen LogP contribution in [0, 0.1) is 5.92 Å². The van der Waals surface area contributed by atoms with Crippen LogP contribution in [0.4, 0.5) is 0 Å². The van der Waals surface area contributed by atoms with Crippen molar-refractivity contribution in [1.82, 2.24) is 0 Å². The molecule has 0 heteroatoms. The zero-order valence-electron chi connectivity index (χ0n) is 11.0. The van der Waals surface area contributed by atoms with Crippen molar-refractivity contribution < 1.29 is 0 Å². The predicted molar refractivity (Wildman–Crippen MR) is 71.0 cm³/mol. The largest absolute Gasteiger partial charge is 0.0776 e. The molecule has 0 aromatic rings. The molecule has 1 aliphatic carbocycles. The van der Waals surface area contributed by atoms with Gasteiger partial charge < -0.3 is 0 Å². The highest BCUT2D eigenvalue weighted by molar-refractivity contribution is 5.36. The Labute approximate surface area is 95.8 Å². The summed E-state index contributed by atoms with van der Waals surface area (Å²) < 4.78 is 0. The molecular formula is C15H26. The van der Waals surface area contributed by atoms with E-state index in [1.54, 1.807) is 0 Å². The lowest BCUT2D eigenvalue weighted by Crippen LogP contribution is -1.84. The number of allylic oxidation sites excluding steroid dienone is 6. The highest BCUT2D eigenvalue weighted by Gasteiger charge is 2.03. The van der Waals surface area contributed by atoms with Crippen LogP contribution in [0.15, 0.2) is 35.5 Å². The van der Waals surface area contributed by atoms with Gasteiger partial charge in [0, 0.05) is 0 Å². The van der Waals surface area contributed by atoms with Crippen LogP contribution in [0.2, 0.25) is 0 Å². The fourth-order valence-electron chi connectivity index (χ4n) is 1.67. The standard InChI is InChI=1S/C13H20.C2H6/c1-4-6-13-10-8-11(3)7-9-12(13)5-2;1-2/h7-11H,4-6H2,1-3H3;1-2H3. The fraction of sp³-hybridized carbons (Fsp3) is 0.600. The molecule has 1 aliphatic rings. The van der Waals surface area contributed by atoms with Crippen molar-refractivity contribution in [2.24, 2.45) is 5.92 Å². The first-order chi connectivity index (χ1) is 7.27. The Balaban J connectivity index is 0.000000921. The maximum absolute atomic E-state index is 2.31. The van der Waals surface area contributed by atoms with E-state index in [0.717, 1.165) is 6.42 Å². The summed E-state index contributed by atoms with van der Waals surface area (Å²) in [6, 6.07) is 0. The molecule has 0 aromatic heterocycles. The number of rotatable bonds is 3. The van der Waals surface area contributed by atoms with Gasteiger partial charge in [-0.05, 0) is 29.9 Å². The summed E-state index contributed by atoms with van der Waals surface area (Å²) in [5.41, 5.74) is 3.05. The van der Waals surface area contributed by atoms with E-state index in [1.165, 1.54) is 24.0 Å². The van der Waals surface area contributed by atoms with E-state index in [2.05, 4.69) is 45.1 Å². The van der Waals surface area contributed by atoms with E-state index >= 15 is 0 Å². The van der Waals surface area contributed by atoms with Crippen LogP contribution in [0.1, 0.15) is 53.9 Å². The second kappa shape index (κ2) is 8.52. The van der Waals surface area contributed by atoms with Crippen molar-refractivity contribution in [3.63, 3.8) is 0 Å². The van der Waals surface area contributed by atoms with Gasteiger partial charge in [0.2, 0.25) is 0 Å². The van der Waals surface area contributed by atoms with Crippen molar-refractivity contribution in [1.29, 1.82) is 0 Å². The van der Waals surface area contributed by atoms with Gasteiger partial charge in [-0.3, -0.25) is 0 Å². The van der Waals surface area contributed by atoms with Gasteiger partial charge in [-0.15, -0.1) is 0 Å². The van der Waals surface area contributed by atoms with Gasteiger partial charge >= 0.3 is 0 Å². The van der Waals surface area contributed by atoms with E-state index in [0.29, 0.717) is 5.92 Å². The van der Waals surface area contributed by atoms with Gasteiger partial charge in [0.05, 0.1) is 0 Å². The molecule has 0 nitrogen and oxygen atoms in total. The van der Waals surface area contributed by atoms with Crippen LogP contribution in [0.3, 0.4) is 0 Å². The first-order valence-electron chi connectivity index (χ1n) is 6.36. The van der Waals surface area contributed by atoms with Crippen LogP contribution in [0.25, 0.3) is 0 Å². The number of hydrogen-bond acceptors (Lipinski definition) is 0. The molecule has 1 rings (SSSR count). The lowest BCUT2D eigenvalue weighted by atomic mass is 10.0. The van der Waals surface area contributed by atoms with Gasteiger partial charge in [0.1, 0.15) is 0 Å². The maximum Gasteiger partial charge on any atom is -0.00754 e. The summed E-state index contributed by atoms with van der Waals surface area (Å²) in [5.74, 6) is 0.593. The Morgan fingerprint density at radius 1 is 1.00 bits per heavy atom. The molecule has 0 fully saturated rings. The Morgan fingerprint density at radius 2 is 1.53 bits per heavy atom. The van der Waals surface area contributed by atoms with Crippen LogP contribution in [-0.2, 0) is 0 Å². The van der Waals surface area contributed by atoms with E-state index in [4.69, 9.17) is 0 Å². The molecule has 0 N–H and O–H groups in total. The number of hydrogen-bond donors (Lipinski definition) is 0. The highest BCUT2D eigenvalue weighted by atomic mass is 14.1. The fourth-order valence-corrected chi connectivity index (χ4v) is 1.67. The summed E-state index contributed by atoms with van der Waals surface area (Å²) >= 11 is 0. The Bertz CT molecular complexity index is 241. The quantitative estimate of drug-likeness (QED) is 0.589. The van der Waals surface area contributed by atoms with Crippen molar-refractivity contribution >= 4 is 0 Å². The molecule has 0 radical (unpaired) electrons. The lowest BCUT2D eigenvalue weighted by molar-refractivity contribution is 0.904. The average molecular weight is 206 g/mol. The van der Waals surface area contributed by atoms with E-state index < -0.39 is 0 Å². The maximum atomic E-state index is 2.31. The smallest absolute Gasteiger partial charge is 0.00754 e. The van der Waals surface area contributed by atoms with Crippen molar-refractivity contribution in [3.05, 3.63) is 35.5 Å². The summed E-state index contributed by atoms with van der Waals surface area (Å²) in [7, 11) is 0. The average Bonchev–Trinajstić information content (AvgIpc) is 2.45. The van der Waals surface area contributed by atoms with Crippen LogP contribution < -0.4 is 0 Å². The van der Waals surface area contributed by atoms with Crippen molar-refractivity contribution in [3.8, 4) is 0 Å². The molecule has 86 valence electrons. The molecular weight excluding hydrogens is 180 g/mol. The Hall–Kier alpha value is -0.780. The third-order valence-corrected chi connectivity index (χ3v) is 2.51. The molecule has 0 spiro atoms. The highest BCUT2D eigenvalue weighted by Crippen LogP contribution is 2.21. The molecule has 0 saturated carbocycles. The Kier molecular flexibility index (Phi) is 8.08. The SMILES string of the molecule is CC.CCCC1=C(CC)C=CC(C)C=C1. The molecule has 1 atom stereocenters. The van der Waals surface area contributed by atoms with Gasteiger partial charge in [0.15, 0.2) is 0 Å². The zero-order chi connectivity index (χ0) is 11.7. The normalized spacial score (nSPS) is 19.7. The summed E-state index contributed by atoms with van der Waals surface area (Å²) in [6.45, 7) is 10.7. The predicted octanol–water partition coefficient (Wildman–Crippen LogP) is 5.28. The van der Waals surface area contributed by atoms with E-state index in [9.17, 15) is 0 Å². The van der Waals surface area contributed by atoms with Crippen molar-refractivity contribution in [2.75, 3.05) is 0 Å². The first kappa shape index (κ1) is 14.2. The topological polar surface area (TPSA) is 0 Å².